The Hall–Kier alpha value is -4.37. The van der Waals surface area contributed by atoms with Gasteiger partial charge in [-0.25, -0.2) is 4.39 Å². The lowest BCUT2D eigenvalue weighted by Crippen LogP contribution is -2.53. The van der Waals surface area contributed by atoms with E-state index in [0.717, 1.165) is 40.9 Å². The summed E-state index contributed by atoms with van der Waals surface area (Å²) in [5.41, 5.74) is 12.3. The van der Waals surface area contributed by atoms with Gasteiger partial charge < -0.3 is 0 Å². The van der Waals surface area contributed by atoms with Crippen molar-refractivity contribution in [3.8, 4) is 33.6 Å². The number of hydrogen-bond acceptors (Lipinski definition) is 0. The Kier molecular flexibility index (Phi) is 5.55. The van der Waals surface area contributed by atoms with Gasteiger partial charge in [-0.1, -0.05) is 48.5 Å². The summed E-state index contributed by atoms with van der Waals surface area (Å²) in [6, 6.07) is 31.6. The van der Waals surface area contributed by atoms with Crippen molar-refractivity contribution in [2.24, 2.45) is 0 Å². The fraction of sp³-hybridized carbons (Fsp3) is 0.167. The number of fused-ring (bicyclic) bond motifs is 9. The van der Waals surface area contributed by atoms with Gasteiger partial charge in [0, 0.05) is 29.3 Å². The first-order valence-corrected chi connectivity index (χ1v) is 13.7. The van der Waals surface area contributed by atoms with Crippen LogP contribution in [0.15, 0.2) is 110 Å². The van der Waals surface area contributed by atoms with E-state index in [0.29, 0.717) is 0 Å². The Labute approximate surface area is 229 Å². The van der Waals surface area contributed by atoms with E-state index in [-0.39, 0.29) is 17.8 Å². The number of pyridine rings is 2. The summed E-state index contributed by atoms with van der Waals surface area (Å²) in [7, 11) is 0. The monoisotopic (exact) mass is 510 g/mol. The Morgan fingerprint density at radius 3 is 2.41 bits per heavy atom. The number of nitrogens with zero attached hydrogens (tertiary/aromatic N) is 2. The summed E-state index contributed by atoms with van der Waals surface area (Å²) in [5.74, 6) is 0.0559. The molecule has 2 aliphatic heterocycles. The molecule has 7 rings (SSSR count). The third-order valence-electron chi connectivity index (χ3n) is 8.75. The van der Waals surface area contributed by atoms with Crippen LogP contribution in [0.5, 0.6) is 0 Å². The second-order valence-electron chi connectivity index (χ2n) is 10.9. The largest absolute Gasteiger partial charge is 0.249 e. The van der Waals surface area contributed by atoms with Crippen molar-refractivity contribution < 1.29 is 13.5 Å². The van der Waals surface area contributed by atoms with Crippen LogP contribution < -0.4 is 9.13 Å². The summed E-state index contributed by atoms with van der Waals surface area (Å²) < 4.78 is 19.7. The van der Waals surface area contributed by atoms with Gasteiger partial charge in [0.1, 0.15) is 5.82 Å². The van der Waals surface area contributed by atoms with Gasteiger partial charge in [-0.15, -0.1) is 0 Å². The molecule has 5 aromatic rings. The van der Waals surface area contributed by atoms with Crippen molar-refractivity contribution in [2.45, 2.75) is 38.6 Å². The summed E-state index contributed by atoms with van der Waals surface area (Å²) in [5, 5.41) is 0. The zero-order chi connectivity index (χ0) is 26.7. The molecule has 0 bridgehead atoms. The minimum Gasteiger partial charge on any atom is -0.207 e. The highest BCUT2D eigenvalue weighted by molar-refractivity contribution is 5.72. The van der Waals surface area contributed by atoms with Gasteiger partial charge >= 0.3 is 0 Å². The number of benzene rings is 3. The maximum absolute atomic E-state index is 15.0. The summed E-state index contributed by atoms with van der Waals surface area (Å²) in [6.45, 7) is 8.89. The van der Waals surface area contributed by atoms with Crippen LogP contribution in [0.25, 0.3) is 39.3 Å². The van der Waals surface area contributed by atoms with Crippen molar-refractivity contribution in [1.82, 2.24) is 0 Å². The van der Waals surface area contributed by atoms with Gasteiger partial charge in [0.25, 0.3) is 0 Å². The van der Waals surface area contributed by atoms with E-state index in [2.05, 4.69) is 101 Å². The molecule has 0 fully saturated rings. The maximum atomic E-state index is 15.0. The molecule has 0 amide bonds. The zero-order valence-electron chi connectivity index (χ0n) is 22.4. The van der Waals surface area contributed by atoms with Crippen LogP contribution in [0.2, 0.25) is 0 Å². The smallest absolute Gasteiger partial charge is 0.207 e. The van der Waals surface area contributed by atoms with Gasteiger partial charge in [-0.2, -0.15) is 9.13 Å². The summed E-state index contributed by atoms with van der Waals surface area (Å²) in [6.07, 6.45) is 6.13. The first-order chi connectivity index (χ1) is 19.0. The molecular formula is C36H31FN2+2. The Morgan fingerprint density at radius 1 is 0.795 bits per heavy atom. The molecule has 0 radical (unpaired) electrons. The molecule has 3 heteroatoms. The molecule has 3 aromatic carbocycles. The van der Waals surface area contributed by atoms with Gasteiger partial charge in [0.2, 0.25) is 23.1 Å². The minimum atomic E-state index is -0.142. The third-order valence-corrected chi connectivity index (χ3v) is 8.75. The van der Waals surface area contributed by atoms with Crippen LogP contribution in [-0.4, -0.2) is 0 Å². The lowest BCUT2D eigenvalue weighted by Gasteiger charge is -2.29. The topological polar surface area (TPSA) is 7.76 Å². The van der Waals surface area contributed by atoms with Crippen LogP contribution >= 0.6 is 0 Å². The molecule has 2 unspecified atom stereocenters. The molecule has 0 spiro atoms. The predicted octanol–water partition coefficient (Wildman–Crippen LogP) is 7.77. The first kappa shape index (κ1) is 23.7. The summed E-state index contributed by atoms with van der Waals surface area (Å²) in [4.78, 5) is 0. The van der Waals surface area contributed by atoms with Crippen molar-refractivity contribution in [2.75, 3.05) is 0 Å². The third kappa shape index (κ3) is 3.68. The van der Waals surface area contributed by atoms with E-state index < -0.39 is 0 Å². The maximum Gasteiger partial charge on any atom is 0.249 e. The number of aromatic nitrogens is 2. The fourth-order valence-corrected chi connectivity index (χ4v) is 6.80. The normalized spacial score (nSPS) is 17.5. The number of aryl methyl sites for hydroxylation is 1. The molecule has 0 saturated heterocycles. The number of allylic oxidation sites excluding steroid dienone is 1. The molecule has 2 nitrogen and oxygen atoms in total. The van der Waals surface area contributed by atoms with E-state index in [4.69, 9.17) is 6.58 Å². The standard InChI is InChI=1S/C36H31FN2/c1-23-21-35-30-18-19-33(37)24(2)27(30)16-17-31-28-13-7-8-14-29(28)34-15-9-10-20-38(34)36(31)25(3)39(35)22-32(23)26-11-5-4-6-12-26/h4-15,18-22,31,36H,3,16-17H2,1-2H3/q+2. The molecule has 0 saturated carbocycles. The first-order valence-electron chi connectivity index (χ1n) is 13.7. The SMILES string of the molecule is C=C1C2C(CCc3c(ccc(F)c3C)-c3cc(C)c(-c4ccccc4)c[n+]31)c1ccccc1-c1cccc[n+]12. The summed E-state index contributed by atoms with van der Waals surface area (Å²) >= 11 is 0. The second kappa shape index (κ2) is 9.13. The highest BCUT2D eigenvalue weighted by Crippen LogP contribution is 2.45. The van der Waals surface area contributed by atoms with Crippen LogP contribution in [-0.2, 0) is 6.42 Å². The van der Waals surface area contributed by atoms with Gasteiger partial charge in [0.15, 0.2) is 12.4 Å². The quantitative estimate of drug-likeness (QED) is 0.204. The van der Waals surface area contributed by atoms with Crippen molar-refractivity contribution in [3.63, 3.8) is 0 Å². The Morgan fingerprint density at radius 2 is 1.56 bits per heavy atom. The van der Waals surface area contributed by atoms with E-state index >= 15 is 4.39 Å². The lowest BCUT2D eigenvalue weighted by molar-refractivity contribution is -0.727. The van der Waals surface area contributed by atoms with Gasteiger partial charge in [-0.05, 0) is 85.4 Å². The lowest BCUT2D eigenvalue weighted by atomic mass is 9.78. The highest BCUT2D eigenvalue weighted by Gasteiger charge is 2.46. The van der Waals surface area contributed by atoms with Crippen LogP contribution in [0.4, 0.5) is 4.39 Å². The molecule has 2 aliphatic rings. The Bertz CT molecular complexity index is 1770. The van der Waals surface area contributed by atoms with Crippen LogP contribution in [0, 0.1) is 19.7 Å². The number of hydrogen-bond donors (Lipinski definition) is 0. The fourth-order valence-electron chi connectivity index (χ4n) is 6.80. The molecule has 2 aromatic heterocycles. The number of rotatable bonds is 1. The van der Waals surface area contributed by atoms with E-state index in [1.807, 2.05) is 19.1 Å². The molecule has 0 N–H and O–H groups in total. The van der Waals surface area contributed by atoms with E-state index in [9.17, 15) is 0 Å². The highest BCUT2D eigenvalue weighted by atomic mass is 19.1. The molecular weight excluding hydrogens is 479 g/mol. The van der Waals surface area contributed by atoms with E-state index in [1.165, 1.54) is 33.5 Å². The van der Waals surface area contributed by atoms with Crippen molar-refractivity contribution >= 4 is 5.70 Å². The van der Waals surface area contributed by atoms with E-state index in [1.54, 1.807) is 6.07 Å². The van der Waals surface area contributed by atoms with Crippen molar-refractivity contribution in [1.29, 1.82) is 0 Å². The molecule has 0 aliphatic carbocycles. The van der Waals surface area contributed by atoms with Gasteiger partial charge in [-0.3, -0.25) is 0 Å². The van der Waals surface area contributed by atoms with Crippen molar-refractivity contribution in [3.05, 3.63) is 138 Å². The van der Waals surface area contributed by atoms with Crippen LogP contribution in [0.3, 0.4) is 0 Å². The average molecular weight is 511 g/mol. The number of halogens is 1. The minimum absolute atomic E-state index is 0.0191. The Balaban J connectivity index is 1.54. The molecule has 39 heavy (non-hydrogen) atoms. The van der Waals surface area contributed by atoms with Gasteiger partial charge in [0.05, 0.1) is 11.5 Å². The second-order valence-corrected chi connectivity index (χ2v) is 10.9. The molecule has 4 heterocycles. The molecule has 2 atom stereocenters. The zero-order valence-corrected chi connectivity index (χ0v) is 22.4. The molecule has 190 valence electrons. The van der Waals surface area contributed by atoms with Crippen LogP contribution in [0.1, 0.15) is 40.6 Å². The predicted molar refractivity (Wildman–Crippen MR) is 154 cm³/mol. The average Bonchev–Trinajstić information content (AvgIpc) is 3.02.